The van der Waals surface area contributed by atoms with Crippen LogP contribution in [0.2, 0.25) is 0 Å². The van der Waals surface area contributed by atoms with Gasteiger partial charge in [0, 0.05) is 48.9 Å². The van der Waals surface area contributed by atoms with Gasteiger partial charge in [-0.25, -0.2) is 0 Å². The minimum atomic E-state index is 0.167. The van der Waals surface area contributed by atoms with Crippen LogP contribution < -0.4 is 16.8 Å². The lowest BCUT2D eigenvalue weighted by Gasteiger charge is -2.34. The molecule has 1 atom stereocenters. The molecular formula is C22H30N6O. The number of hydrogen-bond donors (Lipinski definition) is 5. The molecule has 1 unspecified atom stereocenters. The van der Waals surface area contributed by atoms with Crippen LogP contribution in [-0.4, -0.2) is 46.4 Å². The maximum Gasteiger partial charge on any atom is 0.125 e. The second-order valence-corrected chi connectivity index (χ2v) is 8.30. The number of aromatic nitrogens is 2. The lowest BCUT2D eigenvalue weighted by atomic mass is 9.80. The third kappa shape index (κ3) is 4.40. The summed E-state index contributed by atoms with van der Waals surface area (Å²) in [6.07, 6.45) is 11.6. The summed E-state index contributed by atoms with van der Waals surface area (Å²) in [4.78, 5) is 2.24. The van der Waals surface area contributed by atoms with Crippen LogP contribution in [0.4, 0.5) is 0 Å². The normalized spacial score (nSPS) is 23.1. The van der Waals surface area contributed by atoms with Gasteiger partial charge in [0.2, 0.25) is 0 Å². The van der Waals surface area contributed by atoms with E-state index in [1.54, 1.807) is 18.3 Å². The summed E-state index contributed by atoms with van der Waals surface area (Å²) in [6.45, 7) is 4.17. The molecule has 3 heterocycles. The van der Waals surface area contributed by atoms with E-state index in [2.05, 4.69) is 20.4 Å². The number of nitrogens with one attached hydrogen (secondary N) is 2. The van der Waals surface area contributed by atoms with Crippen molar-refractivity contribution >= 4 is 5.70 Å². The number of phenolic OH excluding ortho intramolecular Hbond substituents is 1. The van der Waals surface area contributed by atoms with E-state index in [0.29, 0.717) is 23.1 Å². The van der Waals surface area contributed by atoms with Gasteiger partial charge in [0.25, 0.3) is 0 Å². The largest absolute Gasteiger partial charge is 0.507 e. The first-order chi connectivity index (χ1) is 14.0. The summed E-state index contributed by atoms with van der Waals surface area (Å²) >= 11 is 0. The third-order valence-corrected chi connectivity index (χ3v) is 6.13. The lowest BCUT2D eigenvalue weighted by molar-refractivity contribution is 0.215. The van der Waals surface area contributed by atoms with Gasteiger partial charge in [0.05, 0.1) is 12.0 Å². The number of benzene rings is 1. The average molecular weight is 395 g/mol. The van der Waals surface area contributed by atoms with Crippen molar-refractivity contribution in [3.05, 3.63) is 65.3 Å². The number of hydrogen-bond acceptors (Lipinski definition) is 6. The highest BCUT2D eigenvalue weighted by Gasteiger charge is 2.39. The van der Waals surface area contributed by atoms with Crippen molar-refractivity contribution in [2.24, 2.45) is 16.9 Å². The fourth-order valence-corrected chi connectivity index (χ4v) is 4.45. The summed E-state index contributed by atoms with van der Waals surface area (Å²) in [7, 11) is 0. The van der Waals surface area contributed by atoms with E-state index in [9.17, 15) is 5.11 Å². The van der Waals surface area contributed by atoms with Crippen LogP contribution in [0.5, 0.6) is 5.75 Å². The van der Waals surface area contributed by atoms with Gasteiger partial charge in [-0.1, -0.05) is 6.07 Å². The predicted molar refractivity (Wildman–Crippen MR) is 115 cm³/mol. The van der Waals surface area contributed by atoms with E-state index >= 15 is 0 Å². The Morgan fingerprint density at radius 2 is 2.14 bits per heavy atom. The van der Waals surface area contributed by atoms with Crippen LogP contribution in [-0.2, 0) is 6.42 Å². The van der Waals surface area contributed by atoms with Gasteiger partial charge in [-0.3, -0.25) is 5.10 Å². The fourth-order valence-electron chi connectivity index (χ4n) is 4.45. The smallest absolute Gasteiger partial charge is 0.125 e. The molecule has 1 aromatic heterocycles. The van der Waals surface area contributed by atoms with E-state index < -0.39 is 0 Å². The van der Waals surface area contributed by atoms with Crippen molar-refractivity contribution < 1.29 is 5.11 Å². The van der Waals surface area contributed by atoms with Crippen LogP contribution in [0.15, 0.2) is 48.6 Å². The van der Waals surface area contributed by atoms with Crippen molar-refractivity contribution in [1.82, 2.24) is 20.4 Å². The van der Waals surface area contributed by atoms with Crippen LogP contribution in [0.3, 0.4) is 0 Å². The number of nitrogens with zero attached hydrogens (tertiary/aromatic N) is 2. The van der Waals surface area contributed by atoms with Crippen LogP contribution in [0, 0.1) is 5.41 Å². The van der Waals surface area contributed by atoms with Gasteiger partial charge in [-0.2, -0.15) is 5.10 Å². The van der Waals surface area contributed by atoms with E-state index in [1.807, 2.05) is 24.4 Å². The molecule has 154 valence electrons. The molecule has 1 aromatic carbocycles. The zero-order chi connectivity index (χ0) is 20.3. The molecule has 2 aromatic rings. The van der Waals surface area contributed by atoms with E-state index in [4.69, 9.17) is 11.5 Å². The number of aromatic amines is 1. The molecule has 0 aliphatic carbocycles. The SMILES string of the molecule is N/C(=C\C=C(/N)N1CCC2(CCCNC2)C1)c1ccc(Cc2cn[nH]c2)cc1O. The highest BCUT2D eigenvalue weighted by molar-refractivity contribution is 5.69. The number of allylic oxidation sites excluding steroid dienone is 2. The third-order valence-electron chi connectivity index (χ3n) is 6.13. The van der Waals surface area contributed by atoms with E-state index in [0.717, 1.165) is 43.1 Å². The Kier molecular flexibility index (Phi) is 5.49. The topological polar surface area (TPSA) is 116 Å². The minimum absolute atomic E-state index is 0.167. The molecule has 4 rings (SSSR count). The number of nitrogens with two attached hydrogens (primary N) is 2. The average Bonchev–Trinajstić information content (AvgIpc) is 3.37. The Labute approximate surface area is 171 Å². The molecule has 0 saturated carbocycles. The predicted octanol–water partition coefficient (Wildman–Crippen LogP) is 1.88. The van der Waals surface area contributed by atoms with Crippen LogP contribution >= 0.6 is 0 Å². The number of piperidine rings is 1. The van der Waals surface area contributed by atoms with E-state index in [-0.39, 0.29) is 5.75 Å². The van der Waals surface area contributed by atoms with E-state index in [1.165, 1.54) is 19.3 Å². The molecule has 0 bridgehead atoms. The Morgan fingerprint density at radius 3 is 2.86 bits per heavy atom. The maximum atomic E-state index is 10.4. The van der Waals surface area contributed by atoms with Crippen molar-refractivity contribution in [1.29, 1.82) is 0 Å². The second kappa shape index (κ2) is 8.21. The standard InChI is InChI=1S/C22H30N6O/c23-19(18-3-2-16(11-20(18)29)10-17-12-26-27-13-17)4-5-21(24)28-9-7-22(15-28)6-1-8-25-14-22/h2-5,11-13,25,29H,1,6-10,14-15,23-24H2,(H,26,27)/b19-4-,21-5+. The summed E-state index contributed by atoms with van der Waals surface area (Å²) < 4.78 is 0. The quantitative estimate of drug-likeness (QED) is 0.495. The summed E-state index contributed by atoms with van der Waals surface area (Å²) in [5.74, 6) is 0.895. The van der Waals surface area contributed by atoms with Gasteiger partial charge in [0.1, 0.15) is 5.75 Å². The van der Waals surface area contributed by atoms with Gasteiger partial charge < -0.3 is 26.8 Å². The molecule has 29 heavy (non-hydrogen) atoms. The second-order valence-electron chi connectivity index (χ2n) is 8.30. The molecule has 0 amide bonds. The minimum Gasteiger partial charge on any atom is -0.507 e. The summed E-state index contributed by atoms with van der Waals surface area (Å²) in [5, 5.41) is 20.7. The summed E-state index contributed by atoms with van der Waals surface area (Å²) in [6, 6.07) is 5.56. The van der Waals surface area contributed by atoms with Crippen LogP contribution in [0.25, 0.3) is 5.70 Å². The van der Waals surface area contributed by atoms with Gasteiger partial charge in [-0.05, 0) is 61.2 Å². The Balaban J connectivity index is 1.42. The fraction of sp³-hybridized carbons (Fsp3) is 0.409. The highest BCUT2D eigenvalue weighted by atomic mass is 16.3. The lowest BCUT2D eigenvalue weighted by Crippen LogP contribution is -2.42. The monoisotopic (exact) mass is 394 g/mol. The van der Waals surface area contributed by atoms with Crippen molar-refractivity contribution in [3.63, 3.8) is 0 Å². The zero-order valence-electron chi connectivity index (χ0n) is 16.7. The number of H-pyrrole nitrogens is 1. The molecule has 1 spiro atoms. The summed E-state index contributed by atoms with van der Waals surface area (Å²) in [5.41, 5.74) is 16.1. The molecule has 7 heteroatoms. The van der Waals surface area contributed by atoms with Crippen LogP contribution in [0.1, 0.15) is 36.0 Å². The molecule has 7 N–H and O–H groups in total. The molecule has 2 saturated heterocycles. The number of aromatic hydroxyl groups is 1. The molecule has 0 radical (unpaired) electrons. The maximum absolute atomic E-state index is 10.4. The van der Waals surface area contributed by atoms with Crippen molar-refractivity contribution in [2.45, 2.75) is 25.7 Å². The van der Waals surface area contributed by atoms with Gasteiger partial charge in [-0.15, -0.1) is 0 Å². The van der Waals surface area contributed by atoms with Crippen molar-refractivity contribution in [3.8, 4) is 5.75 Å². The number of phenols is 1. The van der Waals surface area contributed by atoms with Gasteiger partial charge in [0.15, 0.2) is 0 Å². The molecular weight excluding hydrogens is 364 g/mol. The molecule has 2 fully saturated rings. The molecule has 7 nitrogen and oxygen atoms in total. The first kappa shape index (κ1) is 19.4. The number of likely N-dealkylation sites (tertiary alicyclic amines) is 1. The first-order valence-electron chi connectivity index (χ1n) is 10.2. The van der Waals surface area contributed by atoms with Crippen molar-refractivity contribution in [2.75, 3.05) is 26.2 Å². The highest BCUT2D eigenvalue weighted by Crippen LogP contribution is 2.37. The van der Waals surface area contributed by atoms with Gasteiger partial charge >= 0.3 is 0 Å². The zero-order valence-corrected chi connectivity index (χ0v) is 16.7. The Hall–Kier alpha value is -2.93. The molecule has 2 aliphatic rings. The number of rotatable bonds is 5. The Morgan fingerprint density at radius 1 is 1.24 bits per heavy atom. The first-order valence-corrected chi connectivity index (χ1v) is 10.2. The molecule has 2 aliphatic heterocycles. The Bertz CT molecular complexity index is 896.